The fourth-order valence-electron chi connectivity index (χ4n) is 7.89. The Morgan fingerprint density at radius 1 is 0.389 bits per heavy atom. The predicted octanol–water partition coefficient (Wildman–Crippen LogP) is 13.2. The zero-order chi connectivity index (χ0) is 35.6. The van der Waals surface area contributed by atoms with E-state index in [1.54, 1.807) is 0 Å². The van der Waals surface area contributed by atoms with Gasteiger partial charge < -0.3 is 0 Å². The Hall–Kier alpha value is -6.95. The lowest BCUT2D eigenvalue weighted by Crippen LogP contribution is -2.07. The second-order valence-corrected chi connectivity index (χ2v) is 14.7. The van der Waals surface area contributed by atoms with Crippen molar-refractivity contribution < 1.29 is 0 Å². The molecular weight excluding hydrogens is 677 g/mol. The molecule has 3 heterocycles. The first kappa shape index (κ1) is 30.7. The van der Waals surface area contributed by atoms with Crippen LogP contribution in [0.4, 0.5) is 0 Å². The van der Waals surface area contributed by atoms with E-state index in [0.29, 0.717) is 17.6 Å². The van der Waals surface area contributed by atoms with Crippen molar-refractivity contribution in [2.75, 3.05) is 0 Å². The van der Waals surface area contributed by atoms with Gasteiger partial charge in [0.15, 0.2) is 11.6 Å². The van der Waals surface area contributed by atoms with Crippen LogP contribution < -0.4 is 0 Å². The summed E-state index contributed by atoms with van der Waals surface area (Å²) in [5, 5.41) is 7.22. The van der Waals surface area contributed by atoms with Crippen LogP contribution in [0, 0.1) is 0 Å². The molecule has 0 saturated heterocycles. The van der Waals surface area contributed by atoms with E-state index in [0.717, 1.165) is 49.4 Å². The zero-order valence-electron chi connectivity index (χ0n) is 29.0. The van der Waals surface area contributed by atoms with Gasteiger partial charge in [-0.3, -0.25) is 4.57 Å². The van der Waals surface area contributed by atoms with Gasteiger partial charge in [0.1, 0.15) is 0 Å². The van der Waals surface area contributed by atoms with Crippen LogP contribution in [0.3, 0.4) is 0 Å². The number of rotatable bonds is 5. The number of hydrogen-bond donors (Lipinski definition) is 0. The molecule has 8 aromatic carbocycles. The summed E-state index contributed by atoms with van der Waals surface area (Å²) in [4.78, 5) is 15.7. The quantitative estimate of drug-likeness (QED) is 0.179. The molecule has 0 fully saturated rings. The minimum absolute atomic E-state index is 0.581. The number of hydrogen-bond acceptors (Lipinski definition) is 4. The second-order valence-electron chi connectivity index (χ2n) is 13.6. The van der Waals surface area contributed by atoms with E-state index in [-0.39, 0.29) is 0 Å². The summed E-state index contributed by atoms with van der Waals surface area (Å²) in [5.41, 5.74) is 8.64. The fraction of sp³-hybridized carbons (Fsp3) is 0. The van der Waals surface area contributed by atoms with E-state index in [4.69, 9.17) is 15.0 Å². The molecule has 0 N–H and O–H groups in total. The molecule has 252 valence electrons. The Bertz CT molecular complexity index is 3200. The van der Waals surface area contributed by atoms with Crippen molar-refractivity contribution in [2.45, 2.75) is 0 Å². The molecule has 0 aliphatic rings. The summed E-state index contributed by atoms with van der Waals surface area (Å²) < 4.78 is 4.83. The molecular formula is C49H30N4S. The number of aromatic nitrogens is 4. The van der Waals surface area contributed by atoms with Crippen molar-refractivity contribution in [2.24, 2.45) is 0 Å². The molecule has 0 unspecified atom stereocenters. The smallest absolute Gasteiger partial charge is 0.238 e. The lowest BCUT2D eigenvalue weighted by Gasteiger charge is -2.13. The number of benzene rings is 8. The first-order chi connectivity index (χ1) is 26.8. The van der Waals surface area contributed by atoms with Gasteiger partial charge in [0, 0.05) is 53.2 Å². The number of fused-ring (bicyclic) bond motifs is 7. The van der Waals surface area contributed by atoms with Gasteiger partial charge in [-0.05, 0) is 40.1 Å². The third-order valence-corrected chi connectivity index (χ3v) is 11.7. The van der Waals surface area contributed by atoms with Crippen LogP contribution in [0.1, 0.15) is 0 Å². The topological polar surface area (TPSA) is 43.6 Å². The van der Waals surface area contributed by atoms with Crippen molar-refractivity contribution in [3.8, 4) is 51.0 Å². The van der Waals surface area contributed by atoms with Gasteiger partial charge >= 0.3 is 0 Å². The van der Waals surface area contributed by atoms with Crippen LogP contribution in [-0.2, 0) is 0 Å². The molecule has 0 saturated carbocycles. The van der Waals surface area contributed by atoms with E-state index in [1.807, 2.05) is 35.6 Å². The lowest BCUT2D eigenvalue weighted by atomic mass is 9.99. The molecule has 11 aromatic rings. The summed E-state index contributed by atoms with van der Waals surface area (Å²) in [5.74, 6) is 1.83. The molecule has 0 aliphatic carbocycles. The van der Waals surface area contributed by atoms with Crippen LogP contribution in [0.15, 0.2) is 182 Å². The molecule has 0 spiro atoms. The highest BCUT2D eigenvalue weighted by atomic mass is 32.1. The average molecular weight is 707 g/mol. The Kier molecular flexibility index (Phi) is 7.00. The molecule has 11 rings (SSSR count). The van der Waals surface area contributed by atoms with Crippen molar-refractivity contribution in [3.63, 3.8) is 0 Å². The van der Waals surface area contributed by atoms with Crippen molar-refractivity contribution >= 4 is 64.1 Å². The van der Waals surface area contributed by atoms with Crippen molar-refractivity contribution in [1.29, 1.82) is 0 Å². The molecule has 0 bridgehead atoms. The zero-order valence-corrected chi connectivity index (χ0v) is 29.8. The highest BCUT2D eigenvalue weighted by Crippen LogP contribution is 2.44. The Balaban J connectivity index is 1.22. The Morgan fingerprint density at radius 2 is 0.944 bits per heavy atom. The van der Waals surface area contributed by atoms with Gasteiger partial charge in [-0.25, -0.2) is 4.98 Å². The number of thiophene rings is 1. The van der Waals surface area contributed by atoms with Gasteiger partial charge in [0.25, 0.3) is 0 Å². The summed E-state index contributed by atoms with van der Waals surface area (Å²) in [6.07, 6.45) is 0. The largest absolute Gasteiger partial charge is 0.277 e. The van der Waals surface area contributed by atoms with Crippen LogP contribution in [0.5, 0.6) is 0 Å². The predicted molar refractivity (Wildman–Crippen MR) is 226 cm³/mol. The molecule has 4 nitrogen and oxygen atoms in total. The van der Waals surface area contributed by atoms with Crippen LogP contribution in [0.25, 0.3) is 104 Å². The number of para-hydroxylation sites is 1. The summed E-state index contributed by atoms with van der Waals surface area (Å²) in [6, 6.07) is 64.4. The third kappa shape index (κ3) is 4.94. The van der Waals surface area contributed by atoms with Crippen molar-refractivity contribution in [3.05, 3.63) is 182 Å². The molecule has 0 aliphatic heterocycles. The van der Waals surface area contributed by atoms with Gasteiger partial charge in [-0.1, -0.05) is 164 Å². The minimum Gasteiger partial charge on any atom is -0.277 e. The van der Waals surface area contributed by atoms with E-state index in [9.17, 15) is 0 Å². The van der Waals surface area contributed by atoms with Crippen LogP contribution in [-0.4, -0.2) is 19.5 Å². The van der Waals surface area contributed by atoms with Crippen LogP contribution >= 0.6 is 11.3 Å². The van der Waals surface area contributed by atoms with Crippen LogP contribution in [0.2, 0.25) is 0 Å². The molecule has 0 radical (unpaired) electrons. The fourth-order valence-corrected chi connectivity index (χ4v) is 9.12. The molecule has 0 amide bonds. The first-order valence-electron chi connectivity index (χ1n) is 18.1. The summed E-state index contributed by atoms with van der Waals surface area (Å²) >= 11 is 1.85. The van der Waals surface area contributed by atoms with Gasteiger partial charge in [-0.2, -0.15) is 9.97 Å². The Morgan fingerprint density at radius 3 is 1.70 bits per heavy atom. The minimum atomic E-state index is 0.581. The van der Waals surface area contributed by atoms with Gasteiger partial charge in [0.2, 0.25) is 5.95 Å². The van der Waals surface area contributed by atoms with E-state index >= 15 is 0 Å². The van der Waals surface area contributed by atoms with E-state index in [2.05, 4.69) is 162 Å². The molecule has 3 aromatic heterocycles. The monoisotopic (exact) mass is 706 g/mol. The lowest BCUT2D eigenvalue weighted by molar-refractivity contribution is 0.954. The highest BCUT2D eigenvalue weighted by Gasteiger charge is 2.22. The highest BCUT2D eigenvalue weighted by molar-refractivity contribution is 7.26. The van der Waals surface area contributed by atoms with Gasteiger partial charge in [-0.15, -0.1) is 11.3 Å². The standard InChI is InChI=1S/C49H30N4S/c1-3-13-31(14-4-1)32-25-27-34(28-26-32)48-50-47(33-15-5-2-6-16-33)51-49(52-48)53-43-30-36-18-8-7-17-35(36)29-42(43)39-21-11-20-38(45(39)53)41-23-12-22-40-37-19-9-10-24-44(37)54-46(40)41/h1-30H. The molecule has 5 heteroatoms. The van der Waals surface area contributed by atoms with E-state index in [1.165, 1.54) is 36.7 Å². The Labute approximate surface area is 315 Å². The first-order valence-corrected chi connectivity index (χ1v) is 18.9. The van der Waals surface area contributed by atoms with Gasteiger partial charge in [0.05, 0.1) is 11.0 Å². The third-order valence-electron chi connectivity index (χ3n) is 10.5. The van der Waals surface area contributed by atoms with Crippen molar-refractivity contribution in [1.82, 2.24) is 19.5 Å². The maximum atomic E-state index is 5.33. The summed E-state index contributed by atoms with van der Waals surface area (Å²) in [6.45, 7) is 0. The molecule has 0 atom stereocenters. The number of nitrogens with zero attached hydrogens (tertiary/aromatic N) is 4. The average Bonchev–Trinajstić information content (AvgIpc) is 3.79. The van der Waals surface area contributed by atoms with E-state index < -0.39 is 0 Å². The maximum Gasteiger partial charge on any atom is 0.238 e. The second kappa shape index (κ2) is 12.3. The molecule has 54 heavy (non-hydrogen) atoms. The summed E-state index contributed by atoms with van der Waals surface area (Å²) in [7, 11) is 0. The normalized spacial score (nSPS) is 11.7. The maximum absolute atomic E-state index is 5.33. The SMILES string of the molecule is c1ccc(-c2ccc(-c3nc(-c4ccccc4)nc(-n4c5cc6ccccc6cc5c5cccc(-c6cccc7c6sc6ccccc67)c54)n3)cc2)cc1.